The molecule has 4 heteroatoms. The van der Waals surface area contributed by atoms with Crippen LogP contribution >= 0.6 is 0 Å². The van der Waals surface area contributed by atoms with Crippen molar-refractivity contribution in [2.75, 3.05) is 6.54 Å². The van der Waals surface area contributed by atoms with Crippen LogP contribution in [0, 0.1) is 0 Å². The summed E-state index contributed by atoms with van der Waals surface area (Å²) in [6.07, 6.45) is 1.09. The number of nitrogens with zero attached hydrogens (tertiary/aromatic N) is 1. The molecule has 0 saturated heterocycles. The summed E-state index contributed by atoms with van der Waals surface area (Å²) >= 11 is 0. The number of hydrogen-bond acceptors (Lipinski definition) is 4. The first kappa shape index (κ1) is 15.6. The standard InChI is InChI=1S/C17H24N2O2/c1-4-13(3)16-8-6-7-9-17(16)20-12-15-10-14(19-21-15)11-18-5-2/h6-10,13,18H,4-5,11-12H2,1-3H3. The third kappa shape index (κ3) is 4.33. The molecule has 0 aliphatic heterocycles. The van der Waals surface area contributed by atoms with E-state index in [0.717, 1.165) is 36.7 Å². The summed E-state index contributed by atoms with van der Waals surface area (Å²) in [4.78, 5) is 0. The third-order valence-corrected chi connectivity index (χ3v) is 3.60. The molecule has 4 nitrogen and oxygen atoms in total. The van der Waals surface area contributed by atoms with Crippen LogP contribution in [0.15, 0.2) is 34.9 Å². The number of rotatable bonds is 8. The molecule has 1 unspecified atom stereocenters. The molecule has 0 radical (unpaired) electrons. The highest BCUT2D eigenvalue weighted by Crippen LogP contribution is 2.28. The van der Waals surface area contributed by atoms with Crippen molar-refractivity contribution in [3.05, 3.63) is 47.3 Å². The average molecular weight is 288 g/mol. The molecule has 1 heterocycles. The fraction of sp³-hybridized carbons (Fsp3) is 0.471. The van der Waals surface area contributed by atoms with Crippen molar-refractivity contribution in [3.8, 4) is 5.75 Å². The Morgan fingerprint density at radius 3 is 2.86 bits per heavy atom. The highest BCUT2D eigenvalue weighted by atomic mass is 16.5. The largest absolute Gasteiger partial charge is 0.485 e. The van der Waals surface area contributed by atoms with Gasteiger partial charge in [0.05, 0.1) is 5.69 Å². The molecule has 1 aromatic heterocycles. The van der Waals surface area contributed by atoms with E-state index in [1.165, 1.54) is 5.56 Å². The van der Waals surface area contributed by atoms with Gasteiger partial charge in [-0.15, -0.1) is 0 Å². The van der Waals surface area contributed by atoms with E-state index in [-0.39, 0.29) is 0 Å². The minimum atomic E-state index is 0.409. The van der Waals surface area contributed by atoms with Crippen LogP contribution < -0.4 is 10.1 Å². The van der Waals surface area contributed by atoms with Crippen molar-refractivity contribution in [2.24, 2.45) is 0 Å². The topological polar surface area (TPSA) is 47.3 Å². The molecule has 1 N–H and O–H groups in total. The maximum atomic E-state index is 5.91. The third-order valence-electron chi connectivity index (χ3n) is 3.60. The van der Waals surface area contributed by atoms with Crippen LogP contribution in [0.4, 0.5) is 0 Å². The van der Waals surface area contributed by atoms with Gasteiger partial charge < -0.3 is 14.6 Å². The van der Waals surface area contributed by atoms with Crippen molar-refractivity contribution < 1.29 is 9.26 Å². The first-order valence-electron chi connectivity index (χ1n) is 7.61. The molecule has 0 saturated carbocycles. The summed E-state index contributed by atoms with van der Waals surface area (Å²) in [6, 6.07) is 10.1. The Kier molecular flexibility index (Phi) is 5.81. The van der Waals surface area contributed by atoms with E-state index in [9.17, 15) is 0 Å². The minimum Gasteiger partial charge on any atom is -0.485 e. The molecule has 0 spiro atoms. The van der Waals surface area contributed by atoms with Crippen LogP contribution in [0.5, 0.6) is 5.75 Å². The highest BCUT2D eigenvalue weighted by molar-refractivity contribution is 5.35. The number of benzene rings is 1. The Morgan fingerprint density at radius 1 is 1.29 bits per heavy atom. The number of para-hydroxylation sites is 1. The number of aromatic nitrogens is 1. The smallest absolute Gasteiger partial charge is 0.174 e. The van der Waals surface area contributed by atoms with Gasteiger partial charge in [-0.05, 0) is 30.5 Å². The van der Waals surface area contributed by atoms with Crippen LogP contribution in [0.3, 0.4) is 0 Å². The van der Waals surface area contributed by atoms with Crippen LogP contribution in [0.25, 0.3) is 0 Å². The zero-order valence-electron chi connectivity index (χ0n) is 13.1. The Morgan fingerprint density at radius 2 is 2.10 bits per heavy atom. The first-order chi connectivity index (χ1) is 10.2. The van der Waals surface area contributed by atoms with Gasteiger partial charge in [0, 0.05) is 12.6 Å². The highest BCUT2D eigenvalue weighted by Gasteiger charge is 2.11. The predicted octanol–water partition coefficient (Wildman–Crippen LogP) is 3.88. The molecule has 0 aliphatic rings. The first-order valence-corrected chi connectivity index (χ1v) is 7.61. The SMILES string of the molecule is CCNCc1cc(COc2ccccc2C(C)CC)on1. The van der Waals surface area contributed by atoms with E-state index in [1.807, 2.05) is 18.2 Å². The second kappa shape index (κ2) is 7.84. The molecule has 0 amide bonds. The Bertz CT molecular complexity index is 551. The molecule has 0 fully saturated rings. The van der Waals surface area contributed by atoms with Gasteiger partial charge in [0.2, 0.25) is 0 Å². The van der Waals surface area contributed by atoms with E-state index in [4.69, 9.17) is 9.26 Å². The summed E-state index contributed by atoms with van der Waals surface area (Å²) in [5, 5.41) is 7.24. The molecule has 1 aromatic carbocycles. The lowest BCUT2D eigenvalue weighted by molar-refractivity contribution is 0.245. The maximum Gasteiger partial charge on any atom is 0.174 e. The minimum absolute atomic E-state index is 0.409. The van der Waals surface area contributed by atoms with Gasteiger partial charge in [-0.1, -0.05) is 44.1 Å². The fourth-order valence-electron chi connectivity index (χ4n) is 2.15. The number of hydrogen-bond donors (Lipinski definition) is 1. The monoisotopic (exact) mass is 288 g/mol. The lowest BCUT2D eigenvalue weighted by atomic mass is 9.98. The van der Waals surface area contributed by atoms with Gasteiger partial charge in [0.1, 0.15) is 12.4 Å². The van der Waals surface area contributed by atoms with E-state index in [0.29, 0.717) is 12.5 Å². The van der Waals surface area contributed by atoms with Crippen LogP contribution in [-0.2, 0) is 13.2 Å². The molecule has 21 heavy (non-hydrogen) atoms. The zero-order chi connectivity index (χ0) is 15.1. The summed E-state index contributed by atoms with van der Waals surface area (Å²) < 4.78 is 11.2. The van der Waals surface area contributed by atoms with Crippen LogP contribution in [-0.4, -0.2) is 11.7 Å². The number of nitrogens with one attached hydrogen (secondary N) is 1. The predicted molar refractivity (Wildman–Crippen MR) is 83.4 cm³/mol. The second-order valence-corrected chi connectivity index (χ2v) is 5.20. The van der Waals surface area contributed by atoms with Gasteiger partial charge in [-0.25, -0.2) is 0 Å². The van der Waals surface area contributed by atoms with Crippen molar-refractivity contribution in [1.29, 1.82) is 0 Å². The quantitative estimate of drug-likeness (QED) is 0.801. The van der Waals surface area contributed by atoms with E-state index >= 15 is 0 Å². The second-order valence-electron chi connectivity index (χ2n) is 5.20. The van der Waals surface area contributed by atoms with Crippen molar-refractivity contribution in [3.63, 3.8) is 0 Å². The molecule has 2 rings (SSSR count). The Balaban J connectivity index is 1.98. The Labute approximate surface area is 126 Å². The molecule has 1 atom stereocenters. The van der Waals surface area contributed by atoms with Crippen molar-refractivity contribution in [1.82, 2.24) is 10.5 Å². The van der Waals surface area contributed by atoms with Gasteiger partial charge in [-0.2, -0.15) is 0 Å². The summed E-state index contributed by atoms with van der Waals surface area (Å²) in [5.74, 6) is 2.17. The van der Waals surface area contributed by atoms with E-state index in [1.54, 1.807) is 0 Å². The van der Waals surface area contributed by atoms with Gasteiger partial charge in [0.25, 0.3) is 0 Å². The Hall–Kier alpha value is -1.81. The molecular formula is C17H24N2O2. The molecule has 0 aliphatic carbocycles. The molecular weight excluding hydrogens is 264 g/mol. The lowest BCUT2D eigenvalue weighted by Gasteiger charge is -2.14. The summed E-state index contributed by atoms with van der Waals surface area (Å²) in [7, 11) is 0. The molecule has 114 valence electrons. The molecule has 2 aromatic rings. The maximum absolute atomic E-state index is 5.91. The fourth-order valence-corrected chi connectivity index (χ4v) is 2.15. The van der Waals surface area contributed by atoms with Gasteiger partial charge >= 0.3 is 0 Å². The van der Waals surface area contributed by atoms with Crippen molar-refractivity contribution in [2.45, 2.75) is 46.3 Å². The van der Waals surface area contributed by atoms with Gasteiger partial charge in [0.15, 0.2) is 5.76 Å². The normalized spacial score (nSPS) is 12.3. The zero-order valence-corrected chi connectivity index (χ0v) is 13.1. The number of ether oxygens (including phenoxy) is 1. The van der Waals surface area contributed by atoms with E-state index < -0.39 is 0 Å². The average Bonchev–Trinajstić information content (AvgIpc) is 2.98. The lowest BCUT2D eigenvalue weighted by Crippen LogP contribution is -2.11. The van der Waals surface area contributed by atoms with Crippen LogP contribution in [0.1, 0.15) is 50.1 Å². The molecule has 0 bridgehead atoms. The van der Waals surface area contributed by atoms with Gasteiger partial charge in [-0.3, -0.25) is 0 Å². The van der Waals surface area contributed by atoms with E-state index in [2.05, 4.69) is 43.4 Å². The summed E-state index contributed by atoms with van der Waals surface area (Å²) in [6.45, 7) is 8.52. The van der Waals surface area contributed by atoms with Crippen LogP contribution in [0.2, 0.25) is 0 Å². The van der Waals surface area contributed by atoms with Crippen molar-refractivity contribution >= 4 is 0 Å². The summed E-state index contributed by atoms with van der Waals surface area (Å²) in [5.41, 5.74) is 2.15.